The molecule has 0 aliphatic heterocycles. The van der Waals surface area contributed by atoms with Crippen LogP contribution in [-0.2, 0) is 23.1 Å². The molecule has 0 aliphatic carbocycles. The lowest BCUT2D eigenvalue weighted by molar-refractivity contribution is 0.0995. The summed E-state index contributed by atoms with van der Waals surface area (Å²) in [5.41, 5.74) is 5.57. The third-order valence-electron chi connectivity index (χ3n) is 3.57. The van der Waals surface area contributed by atoms with Gasteiger partial charge in [-0.25, -0.2) is 0 Å². The molecule has 24 heavy (non-hydrogen) atoms. The van der Waals surface area contributed by atoms with Crippen molar-refractivity contribution in [2.24, 2.45) is 5.73 Å². The third-order valence-corrected chi connectivity index (χ3v) is 4.44. The standard InChI is InChI=1S/C15H16N2O6S/c1-9-8-12(18)17(15(20)13(9)14(16)19)7-6-10-2-4-11(5-3-10)24(21,22)23/h2-5,8,20H,6-7H2,1H3,(H2,16,19)(H,21,22,23). The van der Waals surface area contributed by atoms with E-state index in [9.17, 15) is 23.1 Å². The molecule has 1 heterocycles. The molecule has 0 saturated carbocycles. The summed E-state index contributed by atoms with van der Waals surface area (Å²) >= 11 is 0. The molecular weight excluding hydrogens is 336 g/mol. The molecular formula is C15H16N2O6S. The van der Waals surface area contributed by atoms with Gasteiger partial charge in [-0.05, 0) is 36.6 Å². The van der Waals surface area contributed by atoms with Gasteiger partial charge in [0.05, 0.1) is 4.90 Å². The number of hydrogen-bond donors (Lipinski definition) is 3. The molecule has 1 aromatic heterocycles. The first-order valence-electron chi connectivity index (χ1n) is 6.91. The van der Waals surface area contributed by atoms with E-state index in [-0.39, 0.29) is 17.0 Å². The lowest BCUT2D eigenvalue weighted by Gasteiger charge is -2.12. The number of hydrogen-bond acceptors (Lipinski definition) is 5. The molecule has 1 amide bonds. The van der Waals surface area contributed by atoms with Crippen LogP contribution in [0.5, 0.6) is 5.88 Å². The number of aryl methyl sites for hydroxylation is 2. The molecule has 8 nitrogen and oxygen atoms in total. The van der Waals surface area contributed by atoms with Gasteiger partial charge < -0.3 is 10.8 Å². The Morgan fingerprint density at radius 2 is 1.83 bits per heavy atom. The quantitative estimate of drug-likeness (QED) is 0.668. The fourth-order valence-electron chi connectivity index (χ4n) is 2.34. The summed E-state index contributed by atoms with van der Waals surface area (Å²) in [6.07, 6.45) is 0.292. The van der Waals surface area contributed by atoms with Gasteiger partial charge in [-0.15, -0.1) is 0 Å². The van der Waals surface area contributed by atoms with Crippen LogP contribution in [0.3, 0.4) is 0 Å². The van der Waals surface area contributed by atoms with Crippen molar-refractivity contribution in [2.75, 3.05) is 0 Å². The first kappa shape index (κ1) is 17.7. The van der Waals surface area contributed by atoms with Gasteiger partial charge in [0.25, 0.3) is 21.6 Å². The molecule has 1 aromatic carbocycles. The number of primary amides is 1. The van der Waals surface area contributed by atoms with E-state index in [0.717, 1.165) is 4.57 Å². The second kappa shape index (κ2) is 6.46. The Labute approximate surface area is 137 Å². The number of aromatic nitrogens is 1. The van der Waals surface area contributed by atoms with Crippen LogP contribution in [0, 0.1) is 6.92 Å². The molecule has 0 fully saturated rings. The first-order chi connectivity index (χ1) is 11.1. The van der Waals surface area contributed by atoms with Crippen LogP contribution in [-0.4, -0.2) is 28.6 Å². The number of nitrogens with two attached hydrogens (primary N) is 1. The molecule has 0 spiro atoms. The number of carbonyl (C=O) groups is 1. The van der Waals surface area contributed by atoms with Crippen molar-refractivity contribution in [2.45, 2.75) is 24.8 Å². The lowest BCUT2D eigenvalue weighted by Crippen LogP contribution is -2.25. The predicted molar refractivity (Wildman–Crippen MR) is 85.6 cm³/mol. The van der Waals surface area contributed by atoms with Gasteiger partial charge >= 0.3 is 0 Å². The van der Waals surface area contributed by atoms with Gasteiger partial charge in [0.2, 0.25) is 5.88 Å². The van der Waals surface area contributed by atoms with E-state index in [1.165, 1.54) is 37.3 Å². The van der Waals surface area contributed by atoms with Crippen LogP contribution in [0.25, 0.3) is 0 Å². The second-order valence-corrected chi connectivity index (χ2v) is 6.67. The summed E-state index contributed by atoms with van der Waals surface area (Å²) in [6.45, 7) is 1.57. The van der Waals surface area contributed by atoms with Crippen molar-refractivity contribution in [3.05, 3.63) is 57.4 Å². The highest BCUT2D eigenvalue weighted by molar-refractivity contribution is 7.85. The average molecular weight is 352 g/mol. The summed E-state index contributed by atoms with van der Waals surface area (Å²) in [4.78, 5) is 23.1. The molecule has 2 aromatic rings. The zero-order valence-electron chi connectivity index (χ0n) is 12.8. The van der Waals surface area contributed by atoms with Gasteiger partial charge in [0.1, 0.15) is 5.56 Å². The van der Waals surface area contributed by atoms with Crippen LogP contribution < -0.4 is 11.3 Å². The van der Waals surface area contributed by atoms with E-state index in [4.69, 9.17) is 10.3 Å². The third kappa shape index (κ3) is 3.63. The van der Waals surface area contributed by atoms with Crippen LogP contribution in [0.2, 0.25) is 0 Å². The summed E-state index contributed by atoms with van der Waals surface area (Å²) < 4.78 is 31.9. The van der Waals surface area contributed by atoms with Crippen LogP contribution in [0.15, 0.2) is 40.0 Å². The van der Waals surface area contributed by atoms with Crippen molar-refractivity contribution in [3.8, 4) is 5.88 Å². The normalized spacial score (nSPS) is 11.4. The van der Waals surface area contributed by atoms with E-state index in [2.05, 4.69) is 0 Å². The minimum atomic E-state index is -4.27. The summed E-state index contributed by atoms with van der Waals surface area (Å²) in [5.74, 6) is -1.33. The minimum absolute atomic E-state index is 0.0659. The van der Waals surface area contributed by atoms with E-state index < -0.39 is 27.5 Å². The Kier molecular flexibility index (Phi) is 4.76. The Morgan fingerprint density at radius 3 is 2.33 bits per heavy atom. The Balaban J connectivity index is 2.28. The average Bonchev–Trinajstić information content (AvgIpc) is 2.45. The zero-order chi connectivity index (χ0) is 18.1. The maximum atomic E-state index is 12.0. The molecule has 0 radical (unpaired) electrons. The molecule has 2 rings (SSSR count). The monoisotopic (exact) mass is 352 g/mol. The summed E-state index contributed by atoms with van der Waals surface area (Å²) in [5, 5.41) is 10.1. The molecule has 128 valence electrons. The van der Waals surface area contributed by atoms with E-state index >= 15 is 0 Å². The van der Waals surface area contributed by atoms with Crippen molar-refractivity contribution in [3.63, 3.8) is 0 Å². The molecule has 0 aliphatic rings. The zero-order valence-corrected chi connectivity index (χ0v) is 13.6. The summed E-state index contributed by atoms with van der Waals surface area (Å²) in [6, 6.07) is 6.64. The number of amides is 1. The number of nitrogens with zero attached hydrogens (tertiary/aromatic N) is 1. The van der Waals surface area contributed by atoms with E-state index in [1.807, 2.05) is 0 Å². The van der Waals surface area contributed by atoms with Gasteiger partial charge in [0.15, 0.2) is 0 Å². The molecule has 0 atom stereocenters. The van der Waals surface area contributed by atoms with Crippen molar-refractivity contribution in [1.82, 2.24) is 4.57 Å². The van der Waals surface area contributed by atoms with Crippen LogP contribution in [0.1, 0.15) is 21.5 Å². The second-order valence-electron chi connectivity index (χ2n) is 5.25. The highest BCUT2D eigenvalue weighted by Gasteiger charge is 2.17. The summed E-state index contributed by atoms with van der Waals surface area (Å²) in [7, 11) is -4.27. The van der Waals surface area contributed by atoms with Crippen molar-refractivity contribution >= 4 is 16.0 Å². The number of benzene rings is 1. The number of carbonyl (C=O) groups excluding carboxylic acids is 1. The predicted octanol–water partition coefficient (Wildman–Crippen LogP) is 0.451. The Bertz CT molecular complexity index is 945. The van der Waals surface area contributed by atoms with E-state index in [0.29, 0.717) is 17.5 Å². The Hall–Kier alpha value is -2.65. The maximum Gasteiger partial charge on any atom is 0.294 e. The fourth-order valence-corrected chi connectivity index (χ4v) is 2.82. The molecule has 4 N–H and O–H groups in total. The van der Waals surface area contributed by atoms with Gasteiger partial charge in [-0.2, -0.15) is 8.42 Å². The van der Waals surface area contributed by atoms with Crippen molar-refractivity contribution in [1.29, 1.82) is 0 Å². The van der Waals surface area contributed by atoms with Crippen LogP contribution >= 0.6 is 0 Å². The topological polar surface area (TPSA) is 140 Å². The van der Waals surface area contributed by atoms with Crippen molar-refractivity contribution < 1.29 is 22.9 Å². The highest BCUT2D eigenvalue weighted by atomic mass is 32.2. The van der Waals surface area contributed by atoms with Gasteiger partial charge in [-0.1, -0.05) is 12.1 Å². The SMILES string of the molecule is Cc1cc(=O)n(CCc2ccc(S(=O)(=O)O)cc2)c(O)c1C(N)=O. The molecule has 0 saturated heterocycles. The van der Waals surface area contributed by atoms with Crippen LogP contribution in [0.4, 0.5) is 0 Å². The van der Waals surface area contributed by atoms with Gasteiger partial charge in [-0.3, -0.25) is 18.7 Å². The molecule has 0 unspecified atom stereocenters. The Morgan fingerprint density at radius 1 is 1.25 bits per heavy atom. The lowest BCUT2D eigenvalue weighted by atomic mass is 10.1. The number of aromatic hydroxyl groups is 1. The molecule has 0 bridgehead atoms. The highest BCUT2D eigenvalue weighted by Crippen LogP contribution is 2.19. The molecule has 9 heteroatoms. The maximum absolute atomic E-state index is 12.0. The first-order valence-corrected chi connectivity index (χ1v) is 8.35. The number of pyridine rings is 1. The fraction of sp³-hybridized carbons (Fsp3) is 0.200. The minimum Gasteiger partial charge on any atom is -0.494 e. The smallest absolute Gasteiger partial charge is 0.294 e. The van der Waals surface area contributed by atoms with Gasteiger partial charge in [0, 0.05) is 12.6 Å². The number of rotatable bonds is 5. The van der Waals surface area contributed by atoms with E-state index in [1.54, 1.807) is 0 Å². The largest absolute Gasteiger partial charge is 0.494 e.